The summed E-state index contributed by atoms with van der Waals surface area (Å²) in [4.78, 5) is 20.5. The van der Waals surface area contributed by atoms with Gasteiger partial charge in [-0.1, -0.05) is 25.7 Å². The molecule has 0 radical (unpaired) electrons. The highest BCUT2D eigenvalue weighted by Crippen LogP contribution is 2.28. The fraction of sp³-hybridized carbons (Fsp3) is 0.706. The number of amides is 1. The van der Waals surface area contributed by atoms with Crippen LogP contribution in [-0.2, 0) is 4.79 Å². The molecule has 0 aromatic carbocycles. The predicted molar refractivity (Wildman–Crippen MR) is 93.6 cm³/mol. The number of anilines is 2. The predicted octanol–water partition coefficient (Wildman–Crippen LogP) is 2.72. The van der Waals surface area contributed by atoms with E-state index < -0.39 is 0 Å². The van der Waals surface area contributed by atoms with E-state index in [1.807, 2.05) is 19.9 Å². The molecule has 1 heterocycles. The molecular weight excluding hydrogens is 290 g/mol. The summed E-state index contributed by atoms with van der Waals surface area (Å²) in [6, 6.07) is 1.91. The van der Waals surface area contributed by atoms with Crippen molar-refractivity contribution in [2.45, 2.75) is 52.4 Å². The Morgan fingerprint density at radius 2 is 2.00 bits per heavy atom. The van der Waals surface area contributed by atoms with E-state index in [-0.39, 0.29) is 5.91 Å². The third-order valence-corrected chi connectivity index (χ3v) is 4.20. The number of rotatable bonds is 9. The normalized spacial score (nSPS) is 14.7. The number of carbonyl (C=O) groups is 1. The molecule has 128 valence electrons. The number of carbonyl (C=O) groups excluding carboxylic acids is 1. The Bertz CT molecular complexity index is 500. The summed E-state index contributed by atoms with van der Waals surface area (Å²) in [5, 5.41) is 9.31. The average molecular weight is 319 g/mol. The van der Waals surface area contributed by atoms with Crippen LogP contribution in [0, 0.1) is 12.8 Å². The lowest BCUT2D eigenvalue weighted by Gasteiger charge is -2.11. The van der Waals surface area contributed by atoms with E-state index in [0.717, 1.165) is 30.4 Å². The molecule has 1 aliphatic rings. The maximum atomic E-state index is 11.8. The molecule has 6 nitrogen and oxygen atoms in total. The summed E-state index contributed by atoms with van der Waals surface area (Å²) in [5.74, 6) is 2.35. The van der Waals surface area contributed by atoms with Gasteiger partial charge in [0.1, 0.15) is 5.82 Å². The third-order valence-electron chi connectivity index (χ3n) is 4.20. The van der Waals surface area contributed by atoms with Gasteiger partial charge in [0.15, 0.2) is 0 Å². The lowest BCUT2D eigenvalue weighted by atomic mass is 10.0. The molecule has 23 heavy (non-hydrogen) atoms. The van der Waals surface area contributed by atoms with Crippen molar-refractivity contribution in [3.05, 3.63) is 11.8 Å². The molecule has 3 N–H and O–H groups in total. The second-order valence-corrected chi connectivity index (χ2v) is 6.21. The summed E-state index contributed by atoms with van der Waals surface area (Å²) >= 11 is 0. The van der Waals surface area contributed by atoms with Crippen LogP contribution in [-0.4, -0.2) is 35.5 Å². The zero-order valence-electron chi connectivity index (χ0n) is 14.3. The molecule has 0 bridgehead atoms. The topological polar surface area (TPSA) is 78.9 Å². The van der Waals surface area contributed by atoms with Gasteiger partial charge in [0.25, 0.3) is 0 Å². The maximum absolute atomic E-state index is 11.8. The molecule has 6 heteroatoms. The van der Waals surface area contributed by atoms with E-state index in [1.54, 1.807) is 0 Å². The summed E-state index contributed by atoms with van der Waals surface area (Å²) in [6.07, 6.45) is 6.97. The first-order valence-corrected chi connectivity index (χ1v) is 8.77. The van der Waals surface area contributed by atoms with Crippen molar-refractivity contribution >= 4 is 17.7 Å². The molecule has 1 aromatic rings. The molecule has 0 saturated heterocycles. The maximum Gasteiger partial charge on any atom is 0.224 e. The lowest BCUT2D eigenvalue weighted by molar-refractivity contribution is -0.121. The monoisotopic (exact) mass is 319 g/mol. The highest BCUT2D eigenvalue weighted by Gasteiger charge is 2.15. The van der Waals surface area contributed by atoms with Gasteiger partial charge >= 0.3 is 0 Å². The van der Waals surface area contributed by atoms with Crippen molar-refractivity contribution < 1.29 is 4.79 Å². The SMILES string of the molecule is CCNc1nc(C)cc(NCCNC(=O)CCC2CCCC2)n1. The van der Waals surface area contributed by atoms with E-state index in [0.29, 0.717) is 25.5 Å². The van der Waals surface area contributed by atoms with E-state index >= 15 is 0 Å². The standard InChI is InChI=1S/C17H29N5O/c1-3-18-17-21-13(2)12-15(22-17)19-10-11-20-16(23)9-8-14-6-4-5-7-14/h12,14H,3-11H2,1-2H3,(H,20,23)(H2,18,19,21,22). The molecule has 1 saturated carbocycles. The van der Waals surface area contributed by atoms with Crippen LogP contribution in [0.4, 0.5) is 11.8 Å². The Labute approximate surface area is 138 Å². The van der Waals surface area contributed by atoms with Crippen molar-refractivity contribution in [3.63, 3.8) is 0 Å². The van der Waals surface area contributed by atoms with Gasteiger partial charge in [-0.2, -0.15) is 4.98 Å². The first kappa shape index (κ1) is 17.5. The van der Waals surface area contributed by atoms with Gasteiger partial charge in [-0.05, 0) is 26.2 Å². The molecule has 2 rings (SSSR count). The number of aryl methyl sites for hydroxylation is 1. The fourth-order valence-electron chi connectivity index (χ4n) is 3.01. The van der Waals surface area contributed by atoms with E-state index in [1.165, 1.54) is 25.7 Å². The Morgan fingerprint density at radius 1 is 1.22 bits per heavy atom. The minimum absolute atomic E-state index is 0.158. The number of aromatic nitrogens is 2. The molecular formula is C17H29N5O. The van der Waals surface area contributed by atoms with Crippen LogP contribution in [0.25, 0.3) is 0 Å². The van der Waals surface area contributed by atoms with Crippen molar-refractivity contribution in [1.29, 1.82) is 0 Å². The third kappa shape index (κ3) is 6.42. The molecule has 0 aliphatic heterocycles. The molecule has 0 atom stereocenters. The Kier molecular flexibility index (Phi) is 7.10. The van der Waals surface area contributed by atoms with Crippen molar-refractivity contribution in [1.82, 2.24) is 15.3 Å². The van der Waals surface area contributed by atoms with Crippen molar-refractivity contribution in [2.24, 2.45) is 5.92 Å². The average Bonchev–Trinajstić information content (AvgIpc) is 3.03. The van der Waals surface area contributed by atoms with Gasteiger partial charge in [-0.3, -0.25) is 4.79 Å². The summed E-state index contributed by atoms with van der Waals surface area (Å²) in [5.41, 5.74) is 0.916. The van der Waals surface area contributed by atoms with Crippen LogP contribution in [0.5, 0.6) is 0 Å². The Morgan fingerprint density at radius 3 is 2.74 bits per heavy atom. The van der Waals surface area contributed by atoms with E-state index in [9.17, 15) is 4.79 Å². The van der Waals surface area contributed by atoms with E-state index in [2.05, 4.69) is 25.9 Å². The first-order chi connectivity index (χ1) is 11.2. The highest BCUT2D eigenvalue weighted by atomic mass is 16.1. The van der Waals surface area contributed by atoms with Gasteiger partial charge in [-0.25, -0.2) is 4.98 Å². The molecule has 0 spiro atoms. The number of hydrogen-bond acceptors (Lipinski definition) is 5. The van der Waals surface area contributed by atoms with Crippen LogP contribution in [0.1, 0.15) is 51.1 Å². The van der Waals surface area contributed by atoms with Crippen molar-refractivity contribution in [3.8, 4) is 0 Å². The van der Waals surface area contributed by atoms with Gasteiger partial charge in [-0.15, -0.1) is 0 Å². The Balaban J connectivity index is 1.63. The summed E-state index contributed by atoms with van der Waals surface area (Å²) in [7, 11) is 0. The Hall–Kier alpha value is -1.85. The zero-order valence-corrected chi connectivity index (χ0v) is 14.3. The van der Waals surface area contributed by atoms with Crippen LogP contribution in [0.3, 0.4) is 0 Å². The second-order valence-electron chi connectivity index (χ2n) is 6.21. The number of nitrogens with one attached hydrogen (secondary N) is 3. The minimum Gasteiger partial charge on any atom is -0.368 e. The molecule has 1 fully saturated rings. The van der Waals surface area contributed by atoms with Gasteiger partial charge in [0, 0.05) is 37.8 Å². The first-order valence-electron chi connectivity index (χ1n) is 8.77. The quantitative estimate of drug-likeness (QED) is 0.610. The largest absolute Gasteiger partial charge is 0.368 e. The van der Waals surface area contributed by atoms with E-state index in [4.69, 9.17) is 0 Å². The highest BCUT2D eigenvalue weighted by molar-refractivity contribution is 5.75. The van der Waals surface area contributed by atoms with Crippen LogP contribution in [0.15, 0.2) is 6.07 Å². The van der Waals surface area contributed by atoms with Crippen LogP contribution in [0.2, 0.25) is 0 Å². The van der Waals surface area contributed by atoms with Crippen LogP contribution >= 0.6 is 0 Å². The smallest absolute Gasteiger partial charge is 0.224 e. The van der Waals surface area contributed by atoms with Gasteiger partial charge in [0.2, 0.25) is 11.9 Å². The number of hydrogen-bond donors (Lipinski definition) is 3. The van der Waals surface area contributed by atoms with Crippen molar-refractivity contribution in [2.75, 3.05) is 30.3 Å². The molecule has 1 aromatic heterocycles. The molecule has 1 aliphatic carbocycles. The summed E-state index contributed by atoms with van der Waals surface area (Å²) in [6.45, 7) is 6.03. The molecule has 1 amide bonds. The van der Waals surface area contributed by atoms with Gasteiger partial charge < -0.3 is 16.0 Å². The lowest BCUT2D eigenvalue weighted by Crippen LogP contribution is -2.29. The molecule has 0 unspecified atom stereocenters. The fourth-order valence-corrected chi connectivity index (χ4v) is 3.01. The zero-order chi connectivity index (χ0) is 16.5. The minimum atomic E-state index is 0.158. The number of nitrogens with zero attached hydrogens (tertiary/aromatic N) is 2. The summed E-state index contributed by atoms with van der Waals surface area (Å²) < 4.78 is 0. The van der Waals surface area contributed by atoms with Gasteiger partial charge in [0.05, 0.1) is 0 Å². The second kappa shape index (κ2) is 9.33. The van der Waals surface area contributed by atoms with Crippen LogP contribution < -0.4 is 16.0 Å².